The predicted octanol–water partition coefficient (Wildman–Crippen LogP) is 4.05. The summed E-state index contributed by atoms with van der Waals surface area (Å²) in [6.07, 6.45) is 2.48. The Morgan fingerprint density at radius 3 is 2.37 bits per heavy atom. The first-order chi connectivity index (χ1) is 8.99. The van der Waals surface area contributed by atoms with Crippen LogP contribution in [0.5, 0.6) is 0 Å². The number of nitrogens with one attached hydrogen (secondary N) is 1. The molecule has 1 rings (SSSR count). The van der Waals surface area contributed by atoms with Crippen molar-refractivity contribution in [3.63, 3.8) is 0 Å². The number of hydrogen-bond donors (Lipinski definition) is 1. The molecule has 0 spiro atoms. The number of halogens is 1. The molecule has 0 aliphatic rings. The quantitative estimate of drug-likeness (QED) is 0.725. The van der Waals surface area contributed by atoms with E-state index in [1.165, 1.54) is 18.4 Å². The van der Waals surface area contributed by atoms with E-state index in [0.29, 0.717) is 12.1 Å². The van der Waals surface area contributed by atoms with Gasteiger partial charge in [0.05, 0.1) is 0 Å². The molecule has 0 saturated heterocycles. The highest BCUT2D eigenvalue weighted by atomic mass is 79.9. The average molecular weight is 327 g/mol. The molecule has 3 heteroatoms. The lowest BCUT2D eigenvalue weighted by Gasteiger charge is -2.25. The van der Waals surface area contributed by atoms with Gasteiger partial charge in [-0.3, -0.25) is 4.90 Å². The van der Waals surface area contributed by atoms with Gasteiger partial charge in [0.25, 0.3) is 0 Å². The van der Waals surface area contributed by atoms with Gasteiger partial charge in [-0.25, -0.2) is 0 Å². The molecule has 0 fully saturated rings. The van der Waals surface area contributed by atoms with Crippen LogP contribution in [0.2, 0.25) is 0 Å². The monoisotopic (exact) mass is 326 g/mol. The molecular weight excluding hydrogens is 300 g/mol. The summed E-state index contributed by atoms with van der Waals surface area (Å²) in [6.45, 7) is 8.85. The van der Waals surface area contributed by atoms with Crippen molar-refractivity contribution >= 4 is 15.9 Å². The summed E-state index contributed by atoms with van der Waals surface area (Å²) < 4.78 is 1.15. The molecule has 2 nitrogen and oxygen atoms in total. The van der Waals surface area contributed by atoms with E-state index in [2.05, 4.69) is 78.2 Å². The predicted molar refractivity (Wildman–Crippen MR) is 87.4 cm³/mol. The smallest absolute Gasteiger partial charge is 0.0233 e. The fraction of sp³-hybridized carbons (Fsp3) is 0.625. The van der Waals surface area contributed by atoms with E-state index < -0.39 is 0 Å². The Hall–Kier alpha value is -0.380. The van der Waals surface area contributed by atoms with E-state index in [9.17, 15) is 0 Å². The molecule has 0 heterocycles. The van der Waals surface area contributed by atoms with Gasteiger partial charge in [-0.1, -0.05) is 41.9 Å². The first-order valence-electron chi connectivity index (χ1n) is 7.17. The molecule has 0 amide bonds. The molecule has 1 aromatic rings. The largest absolute Gasteiger partial charge is 0.315 e. The van der Waals surface area contributed by atoms with Crippen LogP contribution in [0.25, 0.3) is 0 Å². The minimum absolute atomic E-state index is 0.593. The topological polar surface area (TPSA) is 15.3 Å². The molecule has 0 aliphatic carbocycles. The summed E-state index contributed by atoms with van der Waals surface area (Å²) >= 11 is 3.47. The standard InChI is InChI=1S/C16H27BrN2/c1-13(2)18-11-5-6-14(3)19(4)12-15-7-9-16(17)10-8-15/h7-10,13-14,18H,5-6,11-12H2,1-4H3. The van der Waals surface area contributed by atoms with E-state index in [1.807, 2.05) is 0 Å². The molecule has 0 aliphatic heterocycles. The molecule has 1 unspecified atom stereocenters. The van der Waals surface area contributed by atoms with Gasteiger partial charge in [-0.15, -0.1) is 0 Å². The van der Waals surface area contributed by atoms with Crippen molar-refractivity contribution < 1.29 is 0 Å². The SMILES string of the molecule is CC(C)NCCCC(C)N(C)Cc1ccc(Br)cc1. The van der Waals surface area contributed by atoms with Crippen molar-refractivity contribution in [1.29, 1.82) is 0 Å². The van der Waals surface area contributed by atoms with Crippen LogP contribution >= 0.6 is 15.9 Å². The minimum atomic E-state index is 0.593. The number of hydrogen-bond acceptors (Lipinski definition) is 2. The van der Waals surface area contributed by atoms with Crippen molar-refractivity contribution in [3.05, 3.63) is 34.3 Å². The van der Waals surface area contributed by atoms with Gasteiger partial charge in [-0.2, -0.15) is 0 Å². The summed E-state index contributed by atoms with van der Waals surface area (Å²) in [7, 11) is 2.21. The molecule has 108 valence electrons. The lowest BCUT2D eigenvalue weighted by molar-refractivity contribution is 0.234. The van der Waals surface area contributed by atoms with Crippen LogP contribution in [-0.4, -0.2) is 30.6 Å². The van der Waals surface area contributed by atoms with Crippen molar-refractivity contribution in [1.82, 2.24) is 10.2 Å². The van der Waals surface area contributed by atoms with Gasteiger partial charge in [-0.05, 0) is 51.1 Å². The zero-order valence-electron chi connectivity index (χ0n) is 12.6. The first kappa shape index (κ1) is 16.7. The van der Waals surface area contributed by atoms with E-state index >= 15 is 0 Å². The Bertz CT molecular complexity index is 348. The zero-order valence-corrected chi connectivity index (χ0v) is 14.2. The molecule has 1 aromatic carbocycles. The van der Waals surface area contributed by atoms with E-state index in [1.54, 1.807) is 0 Å². The minimum Gasteiger partial charge on any atom is -0.315 e. The lowest BCUT2D eigenvalue weighted by Crippen LogP contribution is -2.30. The van der Waals surface area contributed by atoms with Gasteiger partial charge < -0.3 is 5.32 Å². The van der Waals surface area contributed by atoms with Crippen LogP contribution in [0.3, 0.4) is 0 Å². The number of rotatable bonds is 8. The summed E-state index contributed by atoms with van der Waals surface area (Å²) in [6, 6.07) is 9.82. The zero-order chi connectivity index (χ0) is 14.3. The van der Waals surface area contributed by atoms with Gasteiger partial charge in [0, 0.05) is 23.1 Å². The Morgan fingerprint density at radius 2 is 1.79 bits per heavy atom. The van der Waals surface area contributed by atoms with Crippen LogP contribution in [0.4, 0.5) is 0 Å². The van der Waals surface area contributed by atoms with E-state index in [4.69, 9.17) is 0 Å². The van der Waals surface area contributed by atoms with Gasteiger partial charge in [0.15, 0.2) is 0 Å². The molecule has 1 N–H and O–H groups in total. The molecular formula is C16H27BrN2. The molecule has 0 aromatic heterocycles. The van der Waals surface area contributed by atoms with E-state index in [-0.39, 0.29) is 0 Å². The maximum atomic E-state index is 3.47. The summed E-state index contributed by atoms with van der Waals surface area (Å²) in [4.78, 5) is 2.43. The van der Waals surface area contributed by atoms with Crippen LogP contribution in [0, 0.1) is 0 Å². The maximum absolute atomic E-state index is 3.47. The van der Waals surface area contributed by atoms with Crippen LogP contribution in [0.15, 0.2) is 28.7 Å². The highest BCUT2D eigenvalue weighted by Crippen LogP contribution is 2.14. The van der Waals surface area contributed by atoms with Crippen LogP contribution < -0.4 is 5.32 Å². The average Bonchev–Trinajstić information content (AvgIpc) is 2.36. The second-order valence-corrected chi connectivity index (χ2v) is 6.56. The van der Waals surface area contributed by atoms with Crippen molar-refractivity contribution in [2.24, 2.45) is 0 Å². The second-order valence-electron chi connectivity index (χ2n) is 5.64. The number of benzene rings is 1. The van der Waals surface area contributed by atoms with Gasteiger partial charge >= 0.3 is 0 Å². The van der Waals surface area contributed by atoms with Gasteiger partial charge in [0.2, 0.25) is 0 Å². The van der Waals surface area contributed by atoms with Crippen molar-refractivity contribution in [2.75, 3.05) is 13.6 Å². The highest BCUT2D eigenvalue weighted by molar-refractivity contribution is 9.10. The Kier molecular flexibility index (Phi) is 7.66. The lowest BCUT2D eigenvalue weighted by atomic mass is 10.1. The van der Waals surface area contributed by atoms with Crippen molar-refractivity contribution in [2.45, 2.75) is 52.2 Å². The van der Waals surface area contributed by atoms with Crippen molar-refractivity contribution in [3.8, 4) is 0 Å². The molecule has 19 heavy (non-hydrogen) atoms. The second kappa shape index (κ2) is 8.72. The summed E-state index contributed by atoms with van der Waals surface area (Å²) in [5.74, 6) is 0. The Morgan fingerprint density at radius 1 is 1.16 bits per heavy atom. The summed E-state index contributed by atoms with van der Waals surface area (Å²) in [5.41, 5.74) is 1.37. The fourth-order valence-electron chi connectivity index (χ4n) is 2.04. The van der Waals surface area contributed by atoms with Crippen LogP contribution in [0.1, 0.15) is 39.2 Å². The van der Waals surface area contributed by atoms with Gasteiger partial charge in [0.1, 0.15) is 0 Å². The molecule has 0 saturated carbocycles. The third kappa shape index (κ3) is 7.09. The molecule has 0 radical (unpaired) electrons. The highest BCUT2D eigenvalue weighted by Gasteiger charge is 2.09. The Labute approximate surface area is 126 Å². The fourth-order valence-corrected chi connectivity index (χ4v) is 2.31. The Balaban J connectivity index is 2.28. The molecule has 0 bridgehead atoms. The van der Waals surface area contributed by atoms with Crippen LogP contribution in [-0.2, 0) is 6.54 Å². The summed E-state index contributed by atoms with van der Waals surface area (Å²) in [5, 5.41) is 3.47. The van der Waals surface area contributed by atoms with E-state index in [0.717, 1.165) is 17.6 Å². The normalized spacial score (nSPS) is 13.2. The third-order valence-electron chi connectivity index (χ3n) is 3.45. The maximum Gasteiger partial charge on any atom is 0.0233 e. The third-order valence-corrected chi connectivity index (χ3v) is 3.98. The molecule has 1 atom stereocenters. The first-order valence-corrected chi connectivity index (χ1v) is 7.96. The number of nitrogens with zero attached hydrogens (tertiary/aromatic N) is 1.